The molecule has 1 aromatic carbocycles. The Morgan fingerprint density at radius 1 is 1.39 bits per heavy atom. The number of hydrogen-bond donors (Lipinski definition) is 1. The van der Waals surface area contributed by atoms with Gasteiger partial charge in [-0.25, -0.2) is 9.59 Å². The van der Waals surface area contributed by atoms with Gasteiger partial charge in [-0.1, -0.05) is 22.0 Å². The summed E-state index contributed by atoms with van der Waals surface area (Å²) in [6.45, 7) is 0.403. The summed E-state index contributed by atoms with van der Waals surface area (Å²) in [5, 5.41) is 8.86. The molecule has 2 aromatic rings. The second-order valence-electron chi connectivity index (χ2n) is 3.93. The van der Waals surface area contributed by atoms with Crippen molar-refractivity contribution in [3.05, 3.63) is 56.7 Å². The first-order valence-electron chi connectivity index (χ1n) is 5.22. The molecule has 0 unspecified atom stereocenters. The van der Waals surface area contributed by atoms with Crippen molar-refractivity contribution in [1.82, 2.24) is 9.13 Å². The number of carboxylic acids is 1. The first kappa shape index (κ1) is 12.6. The van der Waals surface area contributed by atoms with E-state index in [1.807, 2.05) is 0 Å². The third-order valence-electron chi connectivity index (χ3n) is 2.66. The van der Waals surface area contributed by atoms with E-state index >= 15 is 0 Å². The zero-order valence-corrected chi connectivity index (χ0v) is 11.2. The van der Waals surface area contributed by atoms with Gasteiger partial charge in [-0.05, 0) is 17.7 Å². The van der Waals surface area contributed by atoms with Crippen molar-refractivity contribution in [2.45, 2.75) is 6.54 Å². The SMILES string of the molecule is Cn1ccn(Cc2ccc(C(=O)O)cc2Br)c1=O. The molecule has 0 radical (unpaired) electrons. The van der Waals surface area contributed by atoms with Crippen molar-refractivity contribution in [3.8, 4) is 0 Å². The van der Waals surface area contributed by atoms with Gasteiger partial charge in [0.1, 0.15) is 0 Å². The summed E-state index contributed by atoms with van der Waals surface area (Å²) >= 11 is 3.32. The number of hydrogen-bond acceptors (Lipinski definition) is 2. The lowest BCUT2D eigenvalue weighted by Gasteiger charge is -2.06. The van der Waals surface area contributed by atoms with Crippen LogP contribution in [0.4, 0.5) is 0 Å². The van der Waals surface area contributed by atoms with E-state index in [1.54, 1.807) is 30.1 Å². The van der Waals surface area contributed by atoms with Gasteiger partial charge in [0.15, 0.2) is 0 Å². The summed E-state index contributed by atoms with van der Waals surface area (Å²) in [5.74, 6) is -0.973. The third kappa shape index (κ3) is 2.38. The van der Waals surface area contributed by atoms with Crippen molar-refractivity contribution in [2.24, 2.45) is 7.05 Å². The quantitative estimate of drug-likeness (QED) is 0.938. The summed E-state index contributed by atoms with van der Waals surface area (Å²) in [6, 6.07) is 4.76. The second kappa shape index (κ2) is 4.81. The molecule has 1 N–H and O–H groups in total. The van der Waals surface area contributed by atoms with Gasteiger partial charge in [0.2, 0.25) is 0 Å². The Morgan fingerprint density at radius 3 is 2.61 bits per heavy atom. The maximum atomic E-state index is 11.7. The maximum Gasteiger partial charge on any atom is 0.335 e. The molecular formula is C12H11BrN2O3. The number of carbonyl (C=O) groups is 1. The molecule has 0 aliphatic heterocycles. The number of rotatable bonds is 3. The fourth-order valence-corrected chi connectivity index (χ4v) is 2.13. The number of benzene rings is 1. The summed E-state index contributed by atoms with van der Waals surface area (Å²) < 4.78 is 3.72. The van der Waals surface area contributed by atoms with Gasteiger partial charge in [-0.3, -0.25) is 4.57 Å². The molecule has 0 spiro atoms. The number of carboxylic acid groups (broad SMARTS) is 1. The molecule has 0 amide bonds. The van der Waals surface area contributed by atoms with Crippen LogP contribution in [0.3, 0.4) is 0 Å². The van der Waals surface area contributed by atoms with Crippen molar-refractivity contribution in [1.29, 1.82) is 0 Å². The molecule has 0 aliphatic carbocycles. The first-order chi connectivity index (χ1) is 8.49. The molecule has 0 bridgehead atoms. The molecule has 6 heteroatoms. The first-order valence-corrected chi connectivity index (χ1v) is 6.02. The highest BCUT2D eigenvalue weighted by Gasteiger charge is 2.08. The smallest absolute Gasteiger partial charge is 0.335 e. The molecule has 94 valence electrons. The van der Waals surface area contributed by atoms with Crippen molar-refractivity contribution in [2.75, 3.05) is 0 Å². The fourth-order valence-electron chi connectivity index (χ4n) is 1.62. The van der Waals surface area contributed by atoms with Gasteiger partial charge in [0.05, 0.1) is 12.1 Å². The van der Waals surface area contributed by atoms with Gasteiger partial charge in [-0.15, -0.1) is 0 Å². The van der Waals surface area contributed by atoms with E-state index in [2.05, 4.69) is 15.9 Å². The highest BCUT2D eigenvalue weighted by molar-refractivity contribution is 9.10. The van der Waals surface area contributed by atoms with Crippen LogP contribution in [-0.4, -0.2) is 20.2 Å². The van der Waals surface area contributed by atoms with Crippen molar-refractivity contribution in [3.63, 3.8) is 0 Å². The van der Waals surface area contributed by atoms with Crippen LogP contribution in [-0.2, 0) is 13.6 Å². The van der Waals surface area contributed by atoms with Crippen LogP contribution < -0.4 is 5.69 Å². The number of imidazole rings is 1. The minimum absolute atomic E-state index is 0.107. The fraction of sp³-hybridized carbons (Fsp3) is 0.167. The van der Waals surface area contributed by atoms with Gasteiger partial charge < -0.3 is 9.67 Å². The Kier molecular flexibility index (Phi) is 3.38. The highest BCUT2D eigenvalue weighted by Crippen LogP contribution is 2.19. The van der Waals surface area contributed by atoms with Gasteiger partial charge in [0.25, 0.3) is 0 Å². The summed E-state index contributed by atoms with van der Waals surface area (Å²) in [6.07, 6.45) is 3.38. The minimum Gasteiger partial charge on any atom is -0.478 e. The predicted molar refractivity (Wildman–Crippen MR) is 69.9 cm³/mol. The number of aromatic nitrogens is 2. The Bertz CT molecular complexity index is 658. The van der Waals surface area contributed by atoms with Gasteiger partial charge in [-0.2, -0.15) is 0 Å². The molecule has 1 aromatic heterocycles. The number of aryl methyl sites for hydroxylation is 1. The average molecular weight is 311 g/mol. The minimum atomic E-state index is -0.973. The summed E-state index contributed by atoms with van der Waals surface area (Å²) in [4.78, 5) is 22.5. The van der Waals surface area contributed by atoms with E-state index < -0.39 is 5.97 Å². The lowest BCUT2D eigenvalue weighted by Crippen LogP contribution is -2.22. The zero-order valence-electron chi connectivity index (χ0n) is 9.63. The topological polar surface area (TPSA) is 64.2 Å². The Balaban J connectivity index is 2.33. The molecule has 0 atom stereocenters. The van der Waals surface area contributed by atoms with E-state index in [4.69, 9.17) is 5.11 Å². The standard InChI is InChI=1S/C12H11BrN2O3/c1-14-4-5-15(12(14)18)7-9-3-2-8(11(16)17)6-10(9)13/h2-6H,7H2,1H3,(H,16,17). The molecule has 18 heavy (non-hydrogen) atoms. The van der Waals surface area contributed by atoms with Crippen LogP contribution >= 0.6 is 15.9 Å². The normalized spacial score (nSPS) is 10.6. The number of halogens is 1. The molecule has 0 aliphatic rings. The summed E-state index contributed by atoms with van der Waals surface area (Å²) in [7, 11) is 1.68. The molecule has 0 saturated carbocycles. The molecule has 5 nitrogen and oxygen atoms in total. The zero-order chi connectivity index (χ0) is 13.3. The van der Waals surface area contributed by atoms with E-state index in [9.17, 15) is 9.59 Å². The van der Waals surface area contributed by atoms with Crippen LogP contribution in [0.25, 0.3) is 0 Å². The second-order valence-corrected chi connectivity index (χ2v) is 4.79. The van der Waals surface area contributed by atoms with E-state index in [-0.39, 0.29) is 11.3 Å². The predicted octanol–water partition coefficient (Wildman–Crippen LogP) is 1.70. The van der Waals surface area contributed by atoms with E-state index in [1.165, 1.54) is 16.7 Å². The van der Waals surface area contributed by atoms with Crippen LogP contribution in [0, 0.1) is 0 Å². The van der Waals surface area contributed by atoms with E-state index in [0.717, 1.165) is 5.56 Å². The monoisotopic (exact) mass is 310 g/mol. The molecule has 0 saturated heterocycles. The third-order valence-corrected chi connectivity index (χ3v) is 3.40. The Hall–Kier alpha value is -1.82. The number of nitrogens with zero attached hydrogens (tertiary/aromatic N) is 2. The number of aromatic carboxylic acids is 1. The van der Waals surface area contributed by atoms with Crippen molar-refractivity contribution < 1.29 is 9.90 Å². The van der Waals surface area contributed by atoms with Crippen LogP contribution in [0.15, 0.2) is 39.9 Å². The van der Waals surface area contributed by atoms with Crippen LogP contribution in [0.1, 0.15) is 15.9 Å². The average Bonchev–Trinajstić information content (AvgIpc) is 2.63. The highest BCUT2D eigenvalue weighted by atomic mass is 79.9. The maximum absolute atomic E-state index is 11.7. The summed E-state index contributed by atoms with van der Waals surface area (Å²) in [5.41, 5.74) is 0.962. The molecule has 1 heterocycles. The van der Waals surface area contributed by atoms with Gasteiger partial charge >= 0.3 is 11.7 Å². The van der Waals surface area contributed by atoms with Crippen molar-refractivity contribution >= 4 is 21.9 Å². The largest absolute Gasteiger partial charge is 0.478 e. The molecular weight excluding hydrogens is 300 g/mol. The van der Waals surface area contributed by atoms with Crippen LogP contribution in [0.5, 0.6) is 0 Å². The molecule has 0 fully saturated rings. The van der Waals surface area contributed by atoms with E-state index in [0.29, 0.717) is 11.0 Å². The lowest BCUT2D eigenvalue weighted by atomic mass is 10.1. The Morgan fingerprint density at radius 2 is 2.11 bits per heavy atom. The van der Waals surface area contributed by atoms with Crippen LogP contribution in [0.2, 0.25) is 0 Å². The molecule has 2 rings (SSSR count). The van der Waals surface area contributed by atoms with Gasteiger partial charge in [0, 0.05) is 23.9 Å². The lowest BCUT2D eigenvalue weighted by molar-refractivity contribution is 0.0697. The Labute approximate surface area is 111 Å².